The summed E-state index contributed by atoms with van der Waals surface area (Å²) in [7, 11) is 1.82. The van der Waals surface area contributed by atoms with Gasteiger partial charge in [0, 0.05) is 43.5 Å². The average Bonchev–Trinajstić information content (AvgIpc) is 3.19. The predicted molar refractivity (Wildman–Crippen MR) is 115 cm³/mol. The van der Waals surface area contributed by atoms with Crippen molar-refractivity contribution in [1.82, 2.24) is 15.5 Å². The zero-order valence-corrected chi connectivity index (χ0v) is 18.1. The first-order valence-electron chi connectivity index (χ1n) is 10.4. The van der Waals surface area contributed by atoms with E-state index in [-0.39, 0.29) is 5.92 Å². The maximum Gasteiger partial charge on any atom is 0.225 e. The number of carbonyl (C=O) groups excluding carboxylic acids is 1. The van der Waals surface area contributed by atoms with Crippen molar-refractivity contribution >= 4 is 23.2 Å². The van der Waals surface area contributed by atoms with E-state index in [4.69, 9.17) is 0 Å². The van der Waals surface area contributed by atoms with Gasteiger partial charge in [-0.25, -0.2) is 0 Å². The molecule has 1 unspecified atom stereocenters. The van der Waals surface area contributed by atoms with Crippen molar-refractivity contribution in [2.24, 2.45) is 16.8 Å². The Hall–Kier alpha value is -1.56. The highest BCUT2D eigenvalue weighted by atomic mass is 32.1. The summed E-state index contributed by atoms with van der Waals surface area (Å²) in [5, 5.41) is 9.14. The van der Waals surface area contributed by atoms with Gasteiger partial charge in [-0.2, -0.15) is 0 Å². The number of rotatable bonds is 8. The monoisotopic (exact) mass is 392 g/mol. The number of piperidine rings is 1. The molecule has 1 atom stereocenters. The highest BCUT2D eigenvalue weighted by Gasteiger charge is 2.26. The molecule has 5 nitrogen and oxygen atoms in total. The fourth-order valence-corrected chi connectivity index (χ4v) is 4.51. The second kappa shape index (κ2) is 11.3. The molecule has 0 spiro atoms. The minimum absolute atomic E-state index is 0.189. The lowest BCUT2D eigenvalue weighted by atomic mass is 9.98. The summed E-state index contributed by atoms with van der Waals surface area (Å²) < 4.78 is 0. The second-order valence-corrected chi connectivity index (χ2v) is 8.63. The van der Waals surface area contributed by atoms with E-state index >= 15 is 0 Å². The molecule has 1 aromatic heterocycles. The lowest BCUT2D eigenvalue weighted by molar-refractivity contribution is -0.136. The number of nitrogens with zero attached hydrogens (tertiary/aromatic N) is 2. The summed E-state index contributed by atoms with van der Waals surface area (Å²) in [5.74, 6) is 1.96. The van der Waals surface area contributed by atoms with Crippen molar-refractivity contribution < 1.29 is 4.79 Å². The third-order valence-corrected chi connectivity index (χ3v) is 6.35. The molecule has 1 aliphatic rings. The first kappa shape index (κ1) is 21.7. The standard InChI is InChI=1S/C21H36N4OS/c1-5-17(6-2)20(26)25-11-9-18(10-12-25)24-21(22-4)23-15-16(3)14-19-8-7-13-27-19/h7-8,13,16-18H,5-6,9-12,14-15H2,1-4H3,(H2,22,23,24). The van der Waals surface area contributed by atoms with Crippen LogP contribution >= 0.6 is 11.3 Å². The number of guanidine groups is 1. The molecule has 1 aliphatic heterocycles. The van der Waals surface area contributed by atoms with Crippen LogP contribution < -0.4 is 10.6 Å². The number of carbonyl (C=O) groups is 1. The van der Waals surface area contributed by atoms with Gasteiger partial charge in [0.1, 0.15) is 0 Å². The molecule has 2 rings (SSSR count). The first-order valence-corrected chi connectivity index (χ1v) is 11.2. The van der Waals surface area contributed by atoms with Crippen molar-refractivity contribution in [2.45, 2.75) is 58.9 Å². The van der Waals surface area contributed by atoms with E-state index in [0.29, 0.717) is 17.9 Å². The quantitative estimate of drug-likeness (QED) is 0.526. The molecule has 2 heterocycles. The Morgan fingerprint density at radius 3 is 2.59 bits per heavy atom. The largest absolute Gasteiger partial charge is 0.356 e. The van der Waals surface area contributed by atoms with Crippen LogP contribution in [0.2, 0.25) is 0 Å². The smallest absolute Gasteiger partial charge is 0.225 e. The molecular formula is C21H36N4OS. The molecule has 0 radical (unpaired) electrons. The van der Waals surface area contributed by atoms with Crippen LogP contribution in [0.3, 0.4) is 0 Å². The van der Waals surface area contributed by atoms with Crippen LogP contribution in [0, 0.1) is 11.8 Å². The third-order valence-electron chi connectivity index (χ3n) is 5.45. The second-order valence-electron chi connectivity index (χ2n) is 7.60. The van der Waals surface area contributed by atoms with Gasteiger partial charge in [0.15, 0.2) is 5.96 Å². The van der Waals surface area contributed by atoms with Gasteiger partial charge in [-0.3, -0.25) is 9.79 Å². The Balaban J connectivity index is 1.72. The number of aliphatic imine (C=N–C) groups is 1. The Morgan fingerprint density at radius 2 is 2.04 bits per heavy atom. The van der Waals surface area contributed by atoms with Crippen LogP contribution in [0.25, 0.3) is 0 Å². The zero-order chi connectivity index (χ0) is 19.6. The highest BCUT2D eigenvalue weighted by molar-refractivity contribution is 7.09. The summed E-state index contributed by atoms with van der Waals surface area (Å²) in [5.41, 5.74) is 0. The Kier molecular flexibility index (Phi) is 9.11. The van der Waals surface area contributed by atoms with E-state index in [1.54, 1.807) is 0 Å². The van der Waals surface area contributed by atoms with Crippen molar-refractivity contribution in [1.29, 1.82) is 0 Å². The van der Waals surface area contributed by atoms with E-state index in [1.807, 2.05) is 18.4 Å². The summed E-state index contributed by atoms with van der Waals surface area (Å²) in [6.07, 6.45) is 4.94. The third kappa shape index (κ3) is 6.83. The van der Waals surface area contributed by atoms with Crippen LogP contribution in [0.5, 0.6) is 0 Å². The topological polar surface area (TPSA) is 56.7 Å². The lowest BCUT2D eigenvalue weighted by Crippen LogP contribution is -2.51. The minimum atomic E-state index is 0.189. The van der Waals surface area contributed by atoms with Gasteiger partial charge in [0.25, 0.3) is 0 Å². The predicted octanol–water partition coefficient (Wildman–Crippen LogP) is 3.52. The number of nitrogens with one attached hydrogen (secondary N) is 2. The van der Waals surface area contributed by atoms with E-state index in [2.05, 4.69) is 58.8 Å². The number of thiophene rings is 1. The van der Waals surface area contributed by atoms with Crippen molar-refractivity contribution in [2.75, 3.05) is 26.7 Å². The SMILES string of the molecule is CCC(CC)C(=O)N1CCC(NC(=NC)NCC(C)Cc2cccs2)CC1. The molecule has 0 aliphatic carbocycles. The normalized spacial score (nSPS) is 17.2. The maximum atomic E-state index is 12.5. The minimum Gasteiger partial charge on any atom is -0.356 e. The Morgan fingerprint density at radius 1 is 1.33 bits per heavy atom. The summed E-state index contributed by atoms with van der Waals surface area (Å²) in [4.78, 5) is 20.4. The highest BCUT2D eigenvalue weighted by Crippen LogP contribution is 2.17. The van der Waals surface area contributed by atoms with Crippen molar-refractivity contribution in [3.05, 3.63) is 22.4 Å². The number of hydrogen-bond acceptors (Lipinski definition) is 3. The van der Waals surface area contributed by atoms with Gasteiger partial charge in [-0.1, -0.05) is 26.8 Å². The number of amides is 1. The summed E-state index contributed by atoms with van der Waals surface area (Å²) >= 11 is 1.82. The molecule has 1 aromatic rings. The van der Waals surface area contributed by atoms with Gasteiger partial charge >= 0.3 is 0 Å². The van der Waals surface area contributed by atoms with Gasteiger partial charge in [0.2, 0.25) is 5.91 Å². The lowest BCUT2D eigenvalue weighted by Gasteiger charge is -2.35. The van der Waals surface area contributed by atoms with Crippen LogP contribution in [-0.2, 0) is 11.2 Å². The molecular weight excluding hydrogens is 356 g/mol. The molecule has 0 saturated carbocycles. The summed E-state index contributed by atoms with van der Waals surface area (Å²) in [6, 6.07) is 4.70. The van der Waals surface area contributed by atoms with Crippen molar-refractivity contribution in [3.8, 4) is 0 Å². The van der Waals surface area contributed by atoms with Crippen LogP contribution in [0.15, 0.2) is 22.5 Å². The molecule has 1 fully saturated rings. The molecule has 27 heavy (non-hydrogen) atoms. The van der Waals surface area contributed by atoms with Crippen LogP contribution in [-0.4, -0.2) is 49.5 Å². The molecule has 6 heteroatoms. The Labute approximate surface area is 168 Å². The van der Waals surface area contributed by atoms with E-state index in [0.717, 1.165) is 57.7 Å². The van der Waals surface area contributed by atoms with E-state index < -0.39 is 0 Å². The van der Waals surface area contributed by atoms with Gasteiger partial charge in [0.05, 0.1) is 0 Å². The molecule has 152 valence electrons. The number of likely N-dealkylation sites (tertiary alicyclic amines) is 1. The molecule has 1 amide bonds. The molecule has 0 bridgehead atoms. The van der Waals surface area contributed by atoms with Crippen LogP contribution in [0.4, 0.5) is 0 Å². The Bertz CT molecular complexity index is 575. The fourth-order valence-electron chi connectivity index (χ4n) is 3.64. The van der Waals surface area contributed by atoms with Gasteiger partial charge < -0.3 is 15.5 Å². The summed E-state index contributed by atoms with van der Waals surface area (Å²) in [6.45, 7) is 9.08. The van der Waals surface area contributed by atoms with Gasteiger partial charge in [-0.15, -0.1) is 11.3 Å². The van der Waals surface area contributed by atoms with Crippen molar-refractivity contribution in [3.63, 3.8) is 0 Å². The maximum absolute atomic E-state index is 12.5. The number of hydrogen-bond donors (Lipinski definition) is 2. The van der Waals surface area contributed by atoms with Crippen LogP contribution in [0.1, 0.15) is 51.3 Å². The van der Waals surface area contributed by atoms with Gasteiger partial charge in [-0.05, 0) is 49.5 Å². The fraction of sp³-hybridized carbons (Fsp3) is 0.714. The average molecular weight is 393 g/mol. The van der Waals surface area contributed by atoms with E-state index in [1.165, 1.54) is 4.88 Å². The molecule has 2 N–H and O–H groups in total. The van der Waals surface area contributed by atoms with E-state index in [9.17, 15) is 4.79 Å². The molecule has 0 aromatic carbocycles. The molecule has 1 saturated heterocycles. The zero-order valence-electron chi connectivity index (χ0n) is 17.3. The first-order chi connectivity index (χ1) is 13.1.